The zero-order valence-electron chi connectivity index (χ0n) is 21.3. The maximum absolute atomic E-state index is 13.6. The highest BCUT2D eigenvalue weighted by molar-refractivity contribution is 9.10. The fourth-order valence-corrected chi connectivity index (χ4v) is 6.95. The number of hydrogen-bond donors (Lipinski definition) is 1. The van der Waals surface area contributed by atoms with Crippen molar-refractivity contribution < 1.29 is 23.9 Å². The molecule has 7 nitrogen and oxygen atoms in total. The van der Waals surface area contributed by atoms with Gasteiger partial charge in [-0.2, -0.15) is 0 Å². The third-order valence-corrected chi connectivity index (χ3v) is 9.25. The smallest absolute Gasteiger partial charge is 0.338 e. The number of anilines is 2. The van der Waals surface area contributed by atoms with Gasteiger partial charge in [0.25, 0.3) is 5.91 Å². The normalized spacial score (nSPS) is 25.1. The highest BCUT2D eigenvalue weighted by atomic mass is 79.9. The minimum absolute atomic E-state index is 0.144. The monoisotopic (exact) mass is 586 g/mol. The maximum Gasteiger partial charge on any atom is 0.338 e. The molecule has 5 atom stereocenters. The van der Waals surface area contributed by atoms with Gasteiger partial charge in [0.1, 0.15) is 0 Å². The molecule has 0 unspecified atom stereocenters. The van der Waals surface area contributed by atoms with Crippen molar-refractivity contribution in [1.29, 1.82) is 0 Å². The molecule has 3 amide bonds. The zero-order valence-corrected chi connectivity index (χ0v) is 22.9. The minimum atomic E-state index is -0.706. The Labute approximate surface area is 234 Å². The number of fused-ring (bicyclic) bond motifs is 5. The molecule has 3 fully saturated rings. The van der Waals surface area contributed by atoms with Gasteiger partial charge in [0, 0.05) is 10.2 Å². The third-order valence-electron chi connectivity index (χ3n) is 8.36. The van der Waals surface area contributed by atoms with Gasteiger partial charge in [-0.1, -0.05) is 52.3 Å². The van der Waals surface area contributed by atoms with Crippen LogP contribution in [0, 0.1) is 30.6 Å². The van der Waals surface area contributed by atoms with E-state index in [1.54, 1.807) is 30.3 Å². The number of nitrogens with zero attached hydrogens (tertiary/aromatic N) is 1. The van der Waals surface area contributed by atoms with E-state index in [-0.39, 0.29) is 47.0 Å². The van der Waals surface area contributed by atoms with Crippen molar-refractivity contribution in [3.8, 4) is 0 Å². The Bertz CT molecular complexity index is 1490. The lowest BCUT2D eigenvalue weighted by Gasteiger charge is -2.28. The van der Waals surface area contributed by atoms with E-state index in [4.69, 9.17) is 4.74 Å². The molecule has 0 spiro atoms. The van der Waals surface area contributed by atoms with Crippen LogP contribution in [-0.4, -0.2) is 30.3 Å². The summed E-state index contributed by atoms with van der Waals surface area (Å²) in [5.74, 6) is -1.57. The largest absolute Gasteiger partial charge is 0.452 e. The highest BCUT2D eigenvalue weighted by Gasteiger charge is 2.64. The molecule has 3 aliphatic rings. The first-order chi connectivity index (χ1) is 18.8. The van der Waals surface area contributed by atoms with Crippen molar-refractivity contribution in [2.45, 2.75) is 25.7 Å². The van der Waals surface area contributed by atoms with E-state index >= 15 is 0 Å². The van der Waals surface area contributed by atoms with Gasteiger partial charge in [0.15, 0.2) is 6.61 Å². The Balaban J connectivity index is 1.13. The second-order valence-corrected chi connectivity index (χ2v) is 11.5. The molecule has 0 aromatic heterocycles. The molecule has 1 aliphatic heterocycles. The van der Waals surface area contributed by atoms with Gasteiger partial charge in [-0.25, -0.2) is 4.79 Å². The number of nitrogens with one attached hydrogen (secondary N) is 1. The van der Waals surface area contributed by atoms with Crippen LogP contribution in [0.4, 0.5) is 11.4 Å². The van der Waals surface area contributed by atoms with Gasteiger partial charge < -0.3 is 10.1 Å². The maximum atomic E-state index is 13.6. The van der Waals surface area contributed by atoms with Gasteiger partial charge in [0.05, 0.1) is 23.1 Å². The minimum Gasteiger partial charge on any atom is -0.452 e. The SMILES string of the molecule is Cc1cc(NC(=O)COC(=O)c2cccc(N3C(=O)[C@@H]4[C@@H]5C[C@@H]([C@@H]4C3=O)[C@H](c3ccccc3)C5)c2)ccc1Br. The number of carbonyl (C=O) groups excluding carboxylic acids is 4. The van der Waals surface area contributed by atoms with Gasteiger partial charge in [-0.05, 0) is 85.0 Å². The summed E-state index contributed by atoms with van der Waals surface area (Å²) in [6.07, 6.45) is 1.81. The number of rotatable bonds is 6. The summed E-state index contributed by atoms with van der Waals surface area (Å²) >= 11 is 3.42. The zero-order chi connectivity index (χ0) is 27.3. The van der Waals surface area contributed by atoms with Crippen molar-refractivity contribution in [1.82, 2.24) is 0 Å². The lowest BCUT2D eigenvalue weighted by molar-refractivity contribution is -0.123. The fraction of sp³-hybridized carbons (Fsp3) is 0.290. The van der Waals surface area contributed by atoms with Gasteiger partial charge in [-0.3, -0.25) is 19.3 Å². The first kappa shape index (κ1) is 25.5. The summed E-state index contributed by atoms with van der Waals surface area (Å²) in [6, 6.07) is 21.9. The van der Waals surface area contributed by atoms with Gasteiger partial charge in [-0.15, -0.1) is 0 Å². The van der Waals surface area contributed by atoms with E-state index in [0.29, 0.717) is 11.4 Å². The van der Waals surface area contributed by atoms with Crippen LogP contribution >= 0.6 is 15.9 Å². The molecule has 1 heterocycles. The quantitative estimate of drug-likeness (QED) is 0.305. The average Bonchev–Trinajstić information content (AvgIpc) is 3.61. The number of ether oxygens (including phenoxy) is 1. The van der Waals surface area contributed by atoms with Crippen LogP contribution in [-0.2, 0) is 19.1 Å². The predicted molar refractivity (Wildman–Crippen MR) is 149 cm³/mol. The molecule has 2 aliphatic carbocycles. The Morgan fingerprint density at radius 2 is 1.72 bits per heavy atom. The summed E-state index contributed by atoms with van der Waals surface area (Å²) < 4.78 is 6.15. The molecule has 3 aromatic carbocycles. The van der Waals surface area contributed by atoms with E-state index in [1.807, 2.05) is 31.2 Å². The lowest BCUT2D eigenvalue weighted by atomic mass is 9.73. The molecular weight excluding hydrogens is 560 g/mol. The van der Waals surface area contributed by atoms with Crippen LogP contribution in [0.1, 0.15) is 40.2 Å². The molecule has 3 aromatic rings. The van der Waals surface area contributed by atoms with Crippen molar-refractivity contribution in [2.75, 3.05) is 16.8 Å². The fourth-order valence-electron chi connectivity index (χ4n) is 6.70. The molecule has 1 saturated heterocycles. The Hall–Kier alpha value is -3.78. The first-order valence-corrected chi connectivity index (χ1v) is 13.9. The van der Waals surface area contributed by atoms with Gasteiger partial charge in [0.2, 0.25) is 11.8 Å². The van der Waals surface area contributed by atoms with Gasteiger partial charge >= 0.3 is 5.97 Å². The van der Waals surface area contributed by atoms with Crippen LogP contribution in [0.25, 0.3) is 0 Å². The molecule has 1 N–H and O–H groups in total. The second-order valence-electron chi connectivity index (χ2n) is 10.6. The Morgan fingerprint density at radius 3 is 2.49 bits per heavy atom. The Morgan fingerprint density at radius 1 is 0.949 bits per heavy atom. The van der Waals surface area contributed by atoms with Crippen molar-refractivity contribution in [2.24, 2.45) is 23.7 Å². The van der Waals surface area contributed by atoms with Crippen LogP contribution in [0.5, 0.6) is 0 Å². The van der Waals surface area contributed by atoms with Crippen LogP contribution in [0.3, 0.4) is 0 Å². The topological polar surface area (TPSA) is 92.8 Å². The number of aryl methyl sites for hydroxylation is 1. The van der Waals surface area contributed by atoms with E-state index in [1.165, 1.54) is 16.5 Å². The number of benzene rings is 3. The molecule has 2 bridgehead atoms. The third kappa shape index (κ3) is 4.56. The first-order valence-electron chi connectivity index (χ1n) is 13.1. The molecule has 198 valence electrons. The predicted octanol–water partition coefficient (Wildman–Crippen LogP) is 5.48. The van der Waals surface area contributed by atoms with Crippen LogP contribution in [0.15, 0.2) is 77.3 Å². The van der Waals surface area contributed by atoms with E-state index in [0.717, 1.165) is 22.9 Å². The summed E-state index contributed by atoms with van der Waals surface area (Å²) in [5, 5.41) is 2.70. The number of esters is 1. The summed E-state index contributed by atoms with van der Waals surface area (Å²) in [7, 11) is 0. The van der Waals surface area contributed by atoms with Crippen molar-refractivity contribution >= 4 is 51.0 Å². The highest BCUT2D eigenvalue weighted by Crippen LogP contribution is 2.61. The number of carbonyl (C=O) groups is 4. The van der Waals surface area contributed by atoms with Crippen LogP contribution < -0.4 is 10.2 Å². The summed E-state index contributed by atoms with van der Waals surface area (Å²) in [4.78, 5) is 53.4. The molecular formula is C31H27BrN2O5. The number of imide groups is 1. The van der Waals surface area contributed by atoms with Crippen molar-refractivity contribution in [3.05, 3.63) is 94.0 Å². The number of hydrogen-bond acceptors (Lipinski definition) is 5. The Kier molecular flexibility index (Phi) is 6.59. The van der Waals surface area contributed by atoms with Crippen LogP contribution in [0.2, 0.25) is 0 Å². The summed E-state index contributed by atoms with van der Waals surface area (Å²) in [6.45, 7) is 1.44. The van der Waals surface area contributed by atoms with E-state index in [9.17, 15) is 19.2 Å². The lowest BCUT2D eigenvalue weighted by Crippen LogP contribution is -2.33. The standard InChI is InChI=1S/C31H27BrN2O5/c1-17-12-21(10-11-25(17)32)33-26(35)16-39-31(38)19-8-5-9-22(13-19)34-29(36)27-20-14-23(18-6-3-2-4-7-18)24(15-20)28(27)30(34)37/h2-13,20,23-24,27-28H,14-16H2,1H3,(H,33,35)/t20-,23-,24+,27+,28-/m0/s1. The molecule has 0 radical (unpaired) electrons. The molecule has 6 rings (SSSR count). The number of amides is 3. The molecule has 39 heavy (non-hydrogen) atoms. The molecule has 2 saturated carbocycles. The molecule has 8 heteroatoms. The van der Waals surface area contributed by atoms with E-state index < -0.39 is 18.5 Å². The van der Waals surface area contributed by atoms with Crippen molar-refractivity contribution in [3.63, 3.8) is 0 Å². The second kappa shape index (κ2) is 10.1. The average molecular weight is 587 g/mol. The summed E-state index contributed by atoms with van der Waals surface area (Å²) in [5.41, 5.74) is 3.31. The van der Waals surface area contributed by atoms with E-state index in [2.05, 4.69) is 33.4 Å². The number of halogens is 1.